The van der Waals surface area contributed by atoms with E-state index in [4.69, 9.17) is 21.1 Å². The molecule has 0 aliphatic rings. The maximum Gasteiger partial charge on any atom is 0.335 e. The summed E-state index contributed by atoms with van der Waals surface area (Å²) in [6.45, 7) is 0. The number of anilines is 1. The van der Waals surface area contributed by atoms with Crippen LogP contribution >= 0.6 is 11.6 Å². The Balaban J connectivity index is 1.90. The summed E-state index contributed by atoms with van der Waals surface area (Å²) in [5.74, 6) is -0.879. The first kappa shape index (κ1) is 15.6. The van der Waals surface area contributed by atoms with E-state index < -0.39 is 5.97 Å². The van der Waals surface area contributed by atoms with Crippen LogP contribution in [0.4, 0.5) is 5.69 Å². The predicted octanol–water partition coefficient (Wildman–Crippen LogP) is 4.16. The van der Waals surface area contributed by atoms with Crippen molar-refractivity contribution in [3.8, 4) is 6.07 Å². The summed E-state index contributed by atoms with van der Waals surface area (Å²) >= 11 is 5.90. The number of benzene rings is 2. The molecular weight excluding hydrogens is 330 g/mol. The fraction of sp³-hybridized carbons (Fsp3) is 0. The molecule has 0 spiro atoms. The number of hydrogen-bond acceptors (Lipinski definition) is 5. The summed E-state index contributed by atoms with van der Waals surface area (Å²) in [6.07, 6.45) is 1.41. The first-order chi connectivity index (χ1) is 11.6. The number of carboxylic acids is 1. The molecule has 0 radical (unpaired) electrons. The lowest BCUT2D eigenvalue weighted by Gasteiger charge is -2.02. The number of nitriles is 1. The van der Waals surface area contributed by atoms with Crippen molar-refractivity contribution in [2.75, 3.05) is 5.32 Å². The fourth-order valence-electron chi connectivity index (χ4n) is 2.06. The van der Waals surface area contributed by atoms with E-state index in [-0.39, 0.29) is 17.0 Å². The van der Waals surface area contributed by atoms with Gasteiger partial charge >= 0.3 is 5.97 Å². The van der Waals surface area contributed by atoms with Gasteiger partial charge < -0.3 is 14.8 Å². The minimum atomic E-state index is -1.03. The number of allylic oxidation sites excluding steroid dienone is 1. The Morgan fingerprint density at radius 3 is 2.92 bits per heavy atom. The third kappa shape index (κ3) is 3.21. The highest BCUT2D eigenvalue weighted by Gasteiger charge is 2.11. The van der Waals surface area contributed by atoms with Crippen LogP contribution in [0.1, 0.15) is 16.2 Å². The Kier molecular flexibility index (Phi) is 4.18. The molecule has 3 aromatic rings. The van der Waals surface area contributed by atoms with Crippen molar-refractivity contribution in [3.63, 3.8) is 0 Å². The second-order valence-electron chi connectivity index (χ2n) is 4.83. The molecule has 7 heteroatoms. The van der Waals surface area contributed by atoms with Gasteiger partial charge in [-0.05, 0) is 36.4 Å². The van der Waals surface area contributed by atoms with E-state index in [1.165, 1.54) is 18.3 Å². The molecule has 0 bridgehead atoms. The number of fused-ring (bicyclic) bond motifs is 1. The largest absolute Gasteiger partial charge is 0.478 e. The zero-order valence-electron chi connectivity index (χ0n) is 12.2. The lowest BCUT2D eigenvalue weighted by molar-refractivity contribution is 0.0697. The molecule has 24 heavy (non-hydrogen) atoms. The second kappa shape index (κ2) is 6.44. The van der Waals surface area contributed by atoms with Crippen LogP contribution in [0.3, 0.4) is 0 Å². The van der Waals surface area contributed by atoms with Gasteiger partial charge in [0.2, 0.25) is 5.89 Å². The molecule has 0 aliphatic carbocycles. The molecular formula is C17H10ClN3O3. The number of oxazole rings is 1. The number of hydrogen-bond donors (Lipinski definition) is 2. The van der Waals surface area contributed by atoms with E-state index in [1.54, 1.807) is 30.3 Å². The standard InChI is InChI=1S/C17H10ClN3O3/c18-12-4-5-15-14(7-12)21-16(24-15)11(8-19)9-20-13-3-1-2-10(6-13)17(22)23/h1-7,9,20H,(H,22,23)/b11-9+. The van der Waals surface area contributed by atoms with Crippen LogP contribution in [0.5, 0.6) is 0 Å². The normalized spacial score (nSPS) is 11.2. The maximum absolute atomic E-state index is 11.0. The highest BCUT2D eigenvalue weighted by atomic mass is 35.5. The first-order valence-electron chi connectivity index (χ1n) is 6.83. The van der Waals surface area contributed by atoms with E-state index in [2.05, 4.69) is 10.3 Å². The number of carboxylic acid groups (broad SMARTS) is 1. The number of carbonyl (C=O) groups is 1. The number of halogens is 1. The van der Waals surface area contributed by atoms with Crippen molar-refractivity contribution in [3.05, 3.63) is 65.1 Å². The molecule has 118 valence electrons. The highest BCUT2D eigenvalue weighted by Crippen LogP contribution is 2.23. The van der Waals surface area contributed by atoms with Crippen molar-refractivity contribution in [2.24, 2.45) is 0 Å². The van der Waals surface area contributed by atoms with Gasteiger partial charge in [0.25, 0.3) is 0 Å². The van der Waals surface area contributed by atoms with E-state index in [0.29, 0.717) is 21.8 Å². The molecule has 0 unspecified atom stereocenters. The lowest BCUT2D eigenvalue weighted by Crippen LogP contribution is -1.97. The maximum atomic E-state index is 11.0. The number of nitrogens with one attached hydrogen (secondary N) is 1. The van der Waals surface area contributed by atoms with E-state index >= 15 is 0 Å². The summed E-state index contributed by atoms with van der Waals surface area (Å²) < 4.78 is 5.53. The Labute approximate surface area is 141 Å². The smallest absolute Gasteiger partial charge is 0.335 e. The van der Waals surface area contributed by atoms with Gasteiger partial charge in [-0.1, -0.05) is 17.7 Å². The van der Waals surface area contributed by atoms with E-state index in [1.807, 2.05) is 6.07 Å². The number of nitrogens with zero attached hydrogens (tertiary/aromatic N) is 2. The summed E-state index contributed by atoms with van der Waals surface area (Å²) in [7, 11) is 0. The number of aromatic nitrogens is 1. The molecule has 0 saturated carbocycles. The topological polar surface area (TPSA) is 99.2 Å². The fourth-order valence-corrected chi connectivity index (χ4v) is 2.22. The van der Waals surface area contributed by atoms with Crippen LogP contribution in [-0.2, 0) is 0 Å². The van der Waals surface area contributed by atoms with Gasteiger partial charge in [0.05, 0.1) is 5.56 Å². The summed E-state index contributed by atoms with van der Waals surface area (Å²) in [6, 6.07) is 13.2. The number of aromatic carboxylic acids is 1. The molecule has 2 N–H and O–H groups in total. The molecule has 1 heterocycles. The molecule has 0 amide bonds. The molecule has 0 atom stereocenters. The van der Waals surface area contributed by atoms with Crippen molar-refractivity contribution < 1.29 is 14.3 Å². The van der Waals surface area contributed by atoms with Crippen LogP contribution in [-0.4, -0.2) is 16.1 Å². The van der Waals surface area contributed by atoms with Crippen LogP contribution in [0.15, 0.2) is 53.1 Å². The average Bonchev–Trinajstić information content (AvgIpc) is 2.98. The van der Waals surface area contributed by atoms with Crippen LogP contribution in [0.25, 0.3) is 16.7 Å². The SMILES string of the molecule is N#C/C(=C\Nc1cccc(C(=O)O)c1)c1nc2cc(Cl)ccc2o1. The Morgan fingerprint density at radius 1 is 1.33 bits per heavy atom. The molecule has 6 nitrogen and oxygen atoms in total. The minimum absolute atomic E-state index is 0.142. The van der Waals surface area contributed by atoms with Gasteiger partial charge in [-0.25, -0.2) is 9.78 Å². The minimum Gasteiger partial charge on any atom is -0.478 e. The van der Waals surface area contributed by atoms with Crippen LogP contribution in [0.2, 0.25) is 5.02 Å². The zero-order valence-corrected chi connectivity index (χ0v) is 12.9. The first-order valence-corrected chi connectivity index (χ1v) is 7.21. The van der Waals surface area contributed by atoms with Gasteiger partial charge in [-0.2, -0.15) is 5.26 Å². The predicted molar refractivity (Wildman–Crippen MR) is 89.6 cm³/mol. The van der Waals surface area contributed by atoms with Crippen molar-refractivity contribution in [1.29, 1.82) is 5.26 Å². The Hall–Kier alpha value is -3.30. The van der Waals surface area contributed by atoms with Crippen LogP contribution < -0.4 is 5.32 Å². The monoisotopic (exact) mass is 339 g/mol. The van der Waals surface area contributed by atoms with Gasteiger partial charge in [-0.15, -0.1) is 0 Å². The quantitative estimate of drug-likeness (QED) is 0.692. The molecule has 2 aromatic carbocycles. The van der Waals surface area contributed by atoms with Gasteiger partial charge in [-0.3, -0.25) is 0 Å². The van der Waals surface area contributed by atoms with E-state index in [0.717, 1.165) is 0 Å². The van der Waals surface area contributed by atoms with Crippen LogP contribution in [0, 0.1) is 11.3 Å². The molecule has 0 fully saturated rings. The van der Waals surface area contributed by atoms with Crippen molar-refractivity contribution in [2.45, 2.75) is 0 Å². The summed E-state index contributed by atoms with van der Waals surface area (Å²) in [4.78, 5) is 15.2. The summed E-state index contributed by atoms with van der Waals surface area (Å²) in [5.41, 5.74) is 1.91. The molecule has 0 aliphatic heterocycles. The zero-order chi connectivity index (χ0) is 17.1. The van der Waals surface area contributed by atoms with E-state index in [9.17, 15) is 10.1 Å². The van der Waals surface area contributed by atoms with Gasteiger partial charge in [0.1, 0.15) is 17.2 Å². The van der Waals surface area contributed by atoms with Crippen molar-refractivity contribution in [1.82, 2.24) is 4.98 Å². The summed E-state index contributed by atoms with van der Waals surface area (Å²) in [5, 5.41) is 21.7. The van der Waals surface area contributed by atoms with Crippen molar-refractivity contribution >= 4 is 39.9 Å². The highest BCUT2D eigenvalue weighted by molar-refractivity contribution is 6.31. The molecule has 0 saturated heterocycles. The Morgan fingerprint density at radius 2 is 2.17 bits per heavy atom. The molecule has 3 rings (SSSR count). The molecule has 1 aromatic heterocycles. The Bertz CT molecular complexity index is 1000. The third-order valence-corrected chi connectivity index (χ3v) is 3.43. The number of rotatable bonds is 4. The average molecular weight is 340 g/mol. The van der Waals surface area contributed by atoms with Gasteiger partial charge in [0, 0.05) is 16.9 Å². The second-order valence-corrected chi connectivity index (χ2v) is 5.27. The van der Waals surface area contributed by atoms with Gasteiger partial charge in [0.15, 0.2) is 5.58 Å². The third-order valence-electron chi connectivity index (χ3n) is 3.19. The lowest BCUT2D eigenvalue weighted by atomic mass is 10.2.